The molecule has 0 heterocycles. The molecule has 0 aliphatic rings. The van der Waals surface area contributed by atoms with Gasteiger partial charge in [0.05, 0.1) is 0 Å². The summed E-state index contributed by atoms with van der Waals surface area (Å²) in [5, 5.41) is 10.3. The molecule has 7 nitrogen and oxygen atoms in total. The molecule has 9 heteroatoms. The summed E-state index contributed by atoms with van der Waals surface area (Å²) in [5.74, 6) is 0.882. The fraction of sp³-hybridized carbons (Fsp3) is 0.833. The lowest BCUT2D eigenvalue weighted by atomic mass is 10.4. The third kappa shape index (κ3) is 41.9. The van der Waals surface area contributed by atoms with Crippen LogP contribution in [0.1, 0.15) is 13.8 Å². The molecule has 0 atom stereocenters. The molecule has 0 saturated heterocycles. The highest BCUT2D eigenvalue weighted by atomic mass is 32.3. The fourth-order valence-electron chi connectivity index (χ4n) is 0.509. The standard InChI is InChI=1S/C6H15N3S.H2O4S/c1-5(2)9-3-4-10-6(7)8;1-5(2,3)4/h5,9H,3-4H2,1-2H3,(H3,7,8);(H2,1,2,3,4). The molecule has 15 heavy (non-hydrogen) atoms. The first-order chi connectivity index (χ1) is 6.63. The van der Waals surface area contributed by atoms with Crippen LogP contribution < -0.4 is 11.1 Å². The molecule has 6 N–H and O–H groups in total. The van der Waals surface area contributed by atoms with E-state index in [0.717, 1.165) is 12.3 Å². The molecule has 92 valence electrons. The molecule has 0 aliphatic carbocycles. The Labute approximate surface area is 93.9 Å². The zero-order valence-corrected chi connectivity index (χ0v) is 10.2. The van der Waals surface area contributed by atoms with E-state index in [-0.39, 0.29) is 5.17 Å². The van der Waals surface area contributed by atoms with E-state index in [1.165, 1.54) is 11.8 Å². The summed E-state index contributed by atoms with van der Waals surface area (Å²) in [7, 11) is -4.67. The molecule has 0 amide bonds. The minimum absolute atomic E-state index is 0.200. The Morgan fingerprint density at radius 3 is 2.20 bits per heavy atom. The molecule has 0 aromatic heterocycles. The van der Waals surface area contributed by atoms with Crippen molar-refractivity contribution in [1.29, 1.82) is 5.41 Å². The van der Waals surface area contributed by atoms with Gasteiger partial charge in [-0.3, -0.25) is 14.5 Å². The molecular formula is C6H17N3O4S2. The van der Waals surface area contributed by atoms with Gasteiger partial charge in [0, 0.05) is 18.3 Å². The van der Waals surface area contributed by atoms with Crippen molar-refractivity contribution in [2.75, 3.05) is 12.3 Å². The number of amidine groups is 1. The Hall–Kier alpha value is -0.350. The second kappa shape index (κ2) is 8.92. The highest BCUT2D eigenvalue weighted by molar-refractivity contribution is 8.13. The maximum atomic E-state index is 8.74. The number of rotatable bonds is 4. The van der Waals surface area contributed by atoms with Crippen LogP contribution in [0.5, 0.6) is 0 Å². The number of thioether (sulfide) groups is 1. The maximum absolute atomic E-state index is 8.74. The average molecular weight is 259 g/mol. The lowest BCUT2D eigenvalue weighted by molar-refractivity contribution is 0.381. The first kappa shape index (κ1) is 17.1. The van der Waals surface area contributed by atoms with Crippen molar-refractivity contribution in [2.45, 2.75) is 19.9 Å². The lowest BCUT2D eigenvalue weighted by Crippen LogP contribution is -2.25. The molecule has 0 saturated carbocycles. The van der Waals surface area contributed by atoms with E-state index >= 15 is 0 Å². The second-order valence-electron chi connectivity index (χ2n) is 2.77. The van der Waals surface area contributed by atoms with Gasteiger partial charge < -0.3 is 11.1 Å². The van der Waals surface area contributed by atoms with Crippen LogP contribution in [0.25, 0.3) is 0 Å². The molecule has 0 unspecified atom stereocenters. The summed E-state index contributed by atoms with van der Waals surface area (Å²) in [6.07, 6.45) is 0. The van der Waals surface area contributed by atoms with Crippen LogP contribution in [0.15, 0.2) is 0 Å². The van der Waals surface area contributed by atoms with Crippen LogP contribution in [0, 0.1) is 5.41 Å². The first-order valence-electron chi connectivity index (χ1n) is 4.03. The van der Waals surface area contributed by atoms with Gasteiger partial charge in [-0.15, -0.1) is 0 Å². The quantitative estimate of drug-likeness (QED) is 0.207. The molecule has 0 aromatic rings. The Morgan fingerprint density at radius 1 is 1.53 bits per heavy atom. The predicted molar refractivity (Wildman–Crippen MR) is 61.7 cm³/mol. The summed E-state index contributed by atoms with van der Waals surface area (Å²) in [6, 6.07) is 0.521. The number of nitrogens with two attached hydrogens (primary N) is 1. The summed E-state index contributed by atoms with van der Waals surface area (Å²) in [6.45, 7) is 5.11. The topological polar surface area (TPSA) is 136 Å². The molecule has 0 spiro atoms. The monoisotopic (exact) mass is 259 g/mol. The largest absolute Gasteiger partial charge is 0.394 e. The smallest absolute Gasteiger partial charge is 0.379 e. The molecule has 0 aromatic carbocycles. The van der Waals surface area contributed by atoms with Crippen molar-refractivity contribution >= 4 is 27.3 Å². The Morgan fingerprint density at radius 2 is 1.93 bits per heavy atom. The number of hydrogen-bond acceptors (Lipinski definition) is 5. The SMILES string of the molecule is CC(C)NCCSC(=N)N.O=S(=O)(O)O. The molecule has 0 aliphatic heterocycles. The lowest BCUT2D eigenvalue weighted by Gasteiger charge is -2.05. The van der Waals surface area contributed by atoms with Crippen LogP contribution >= 0.6 is 11.8 Å². The minimum Gasteiger partial charge on any atom is -0.379 e. The fourth-order valence-corrected chi connectivity index (χ4v) is 0.948. The van der Waals surface area contributed by atoms with E-state index < -0.39 is 10.4 Å². The molecule has 0 radical (unpaired) electrons. The Kier molecular flexibility index (Phi) is 10.1. The van der Waals surface area contributed by atoms with Gasteiger partial charge in [-0.25, -0.2) is 0 Å². The number of hydrogen-bond donors (Lipinski definition) is 5. The molecular weight excluding hydrogens is 242 g/mol. The summed E-state index contributed by atoms with van der Waals surface area (Å²) in [5.41, 5.74) is 5.13. The maximum Gasteiger partial charge on any atom is 0.394 e. The van der Waals surface area contributed by atoms with Crippen molar-refractivity contribution in [3.05, 3.63) is 0 Å². The van der Waals surface area contributed by atoms with Gasteiger partial charge in [-0.05, 0) is 0 Å². The van der Waals surface area contributed by atoms with Gasteiger partial charge in [-0.2, -0.15) is 8.42 Å². The van der Waals surface area contributed by atoms with Gasteiger partial charge in [0.15, 0.2) is 5.17 Å². The third-order valence-corrected chi connectivity index (χ3v) is 1.63. The van der Waals surface area contributed by atoms with Gasteiger partial charge in [0.2, 0.25) is 0 Å². The van der Waals surface area contributed by atoms with Gasteiger partial charge in [0.1, 0.15) is 0 Å². The van der Waals surface area contributed by atoms with Gasteiger partial charge in [-0.1, -0.05) is 25.6 Å². The molecule has 0 fully saturated rings. The minimum atomic E-state index is -4.67. The molecule has 0 rings (SSSR count). The van der Waals surface area contributed by atoms with Crippen molar-refractivity contribution < 1.29 is 17.5 Å². The Bertz CT molecular complexity index is 258. The highest BCUT2D eigenvalue weighted by Gasteiger charge is 1.92. The summed E-state index contributed by atoms with van der Waals surface area (Å²) < 4.78 is 31.6. The van der Waals surface area contributed by atoms with Crippen LogP contribution in [0.3, 0.4) is 0 Å². The van der Waals surface area contributed by atoms with E-state index in [2.05, 4.69) is 19.2 Å². The van der Waals surface area contributed by atoms with E-state index in [9.17, 15) is 0 Å². The third-order valence-electron chi connectivity index (χ3n) is 0.912. The van der Waals surface area contributed by atoms with Crippen LogP contribution in [-0.2, 0) is 10.4 Å². The zero-order chi connectivity index (χ0) is 12.5. The average Bonchev–Trinajstić information content (AvgIpc) is 1.94. The summed E-state index contributed by atoms with van der Waals surface area (Å²) in [4.78, 5) is 0. The van der Waals surface area contributed by atoms with Crippen LogP contribution in [0.2, 0.25) is 0 Å². The van der Waals surface area contributed by atoms with Crippen molar-refractivity contribution in [3.8, 4) is 0 Å². The van der Waals surface area contributed by atoms with E-state index in [0.29, 0.717) is 6.04 Å². The second-order valence-corrected chi connectivity index (χ2v) is 4.80. The van der Waals surface area contributed by atoms with Crippen molar-refractivity contribution in [3.63, 3.8) is 0 Å². The highest BCUT2D eigenvalue weighted by Crippen LogP contribution is 1.94. The van der Waals surface area contributed by atoms with Crippen LogP contribution in [-0.4, -0.2) is 41.0 Å². The van der Waals surface area contributed by atoms with Gasteiger partial charge in [0.25, 0.3) is 0 Å². The van der Waals surface area contributed by atoms with Crippen molar-refractivity contribution in [1.82, 2.24) is 5.32 Å². The predicted octanol–water partition coefficient (Wildman–Crippen LogP) is -0.0417. The van der Waals surface area contributed by atoms with E-state index in [1.54, 1.807) is 0 Å². The van der Waals surface area contributed by atoms with E-state index in [4.69, 9.17) is 28.7 Å². The zero-order valence-electron chi connectivity index (χ0n) is 8.60. The van der Waals surface area contributed by atoms with Crippen molar-refractivity contribution in [2.24, 2.45) is 5.73 Å². The van der Waals surface area contributed by atoms with Crippen LogP contribution in [0.4, 0.5) is 0 Å². The first-order valence-corrected chi connectivity index (χ1v) is 6.41. The molecule has 0 bridgehead atoms. The normalized spacial score (nSPS) is 10.7. The number of nitrogens with one attached hydrogen (secondary N) is 2. The van der Waals surface area contributed by atoms with E-state index in [1.807, 2.05) is 0 Å². The van der Waals surface area contributed by atoms with Gasteiger partial charge >= 0.3 is 10.4 Å². The Balaban J connectivity index is 0. The summed E-state index contributed by atoms with van der Waals surface area (Å²) >= 11 is 1.37.